The lowest BCUT2D eigenvalue weighted by molar-refractivity contribution is -0.905. The third-order valence-corrected chi connectivity index (χ3v) is 3.86. The summed E-state index contributed by atoms with van der Waals surface area (Å²) in [6.07, 6.45) is 3.04. The van der Waals surface area contributed by atoms with E-state index in [1.165, 1.54) is 5.57 Å². The maximum atomic E-state index is 10.4. The molecule has 3 atom stereocenters. The normalized spacial score (nSPS) is 37.7. The smallest absolute Gasteiger partial charge is 0.118 e. The second kappa shape index (κ2) is 3.91. The van der Waals surface area contributed by atoms with Crippen molar-refractivity contribution in [2.24, 2.45) is 5.92 Å². The highest BCUT2D eigenvalue weighted by Gasteiger charge is 2.45. The Bertz CT molecular complexity index is 250. The molecule has 0 amide bonds. The second-order valence-electron chi connectivity index (χ2n) is 6.31. The average molecular weight is 212 g/mol. The molecule has 0 spiro atoms. The third kappa shape index (κ3) is 2.82. The van der Waals surface area contributed by atoms with Gasteiger partial charge in [-0.05, 0) is 32.6 Å². The fraction of sp³-hybridized carbons (Fsp3) is 0.846. The molecule has 1 aliphatic rings. The molecule has 88 valence electrons. The third-order valence-electron chi connectivity index (χ3n) is 3.86. The lowest BCUT2D eigenvalue weighted by Gasteiger charge is -2.47. The standard InChI is InChI=1S/C13H26NO/c1-10(2)11-7-8-13(3,15)12(9-11)14(4,5)6/h11-12,15H,1,7-9H2,2-6H3/q+1. The Morgan fingerprint density at radius 3 is 2.33 bits per heavy atom. The van der Waals surface area contributed by atoms with Crippen LogP contribution in [0.15, 0.2) is 12.2 Å². The highest BCUT2D eigenvalue weighted by atomic mass is 16.3. The monoisotopic (exact) mass is 212 g/mol. The summed E-state index contributed by atoms with van der Waals surface area (Å²) in [4.78, 5) is 0. The van der Waals surface area contributed by atoms with E-state index in [2.05, 4.69) is 34.6 Å². The Morgan fingerprint density at radius 1 is 1.40 bits per heavy atom. The molecule has 0 aromatic carbocycles. The molecule has 2 nitrogen and oxygen atoms in total. The molecule has 0 radical (unpaired) electrons. The minimum Gasteiger partial charge on any atom is -0.384 e. The maximum Gasteiger partial charge on any atom is 0.118 e. The zero-order valence-corrected chi connectivity index (χ0v) is 10.9. The van der Waals surface area contributed by atoms with Gasteiger partial charge in [-0.1, -0.05) is 12.2 Å². The SMILES string of the molecule is C=C(C)C1CCC(C)(O)C([N+](C)(C)C)C1. The van der Waals surface area contributed by atoms with Gasteiger partial charge >= 0.3 is 0 Å². The Labute approximate surface area is 94.2 Å². The minimum atomic E-state index is -0.524. The molecule has 0 aromatic rings. The highest BCUT2D eigenvalue weighted by molar-refractivity contribution is 5.03. The van der Waals surface area contributed by atoms with Crippen molar-refractivity contribution in [1.29, 1.82) is 0 Å². The largest absolute Gasteiger partial charge is 0.384 e. The summed E-state index contributed by atoms with van der Waals surface area (Å²) < 4.78 is 0.830. The van der Waals surface area contributed by atoms with E-state index in [9.17, 15) is 5.11 Å². The maximum absolute atomic E-state index is 10.4. The van der Waals surface area contributed by atoms with E-state index in [1.807, 2.05) is 6.92 Å². The van der Waals surface area contributed by atoms with Gasteiger partial charge in [0.2, 0.25) is 0 Å². The lowest BCUT2D eigenvalue weighted by atomic mass is 9.73. The van der Waals surface area contributed by atoms with Gasteiger partial charge < -0.3 is 9.59 Å². The van der Waals surface area contributed by atoms with Crippen LogP contribution >= 0.6 is 0 Å². The summed E-state index contributed by atoms with van der Waals surface area (Å²) in [5.74, 6) is 0.590. The summed E-state index contributed by atoms with van der Waals surface area (Å²) in [5.41, 5.74) is 0.744. The molecule has 15 heavy (non-hydrogen) atoms. The molecule has 1 fully saturated rings. The van der Waals surface area contributed by atoms with Gasteiger partial charge in [0.15, 0.2) is 0 Å². The fourth-order valence-electron chi connectivity index (χ4n) is 2.87. The summed E-state index contributed by atoms with van der Waals surface area (Å²) in [5, 5.41) is 10.4. The van der Waals surface area contributed by atoms with Gasteiger partial charge in [0.05, 0.1) is 21.1 Å². The van der Waals surface area contributed by atoms with Crippen LogP contribution < -0.4 is 0 Å². The summed E-state index contributed by atoms with van der Waals surface area (Å²) in [6.45, 7) is 8.14. The van der Waals surface area contributed by atoms with Gasteiger partial charge in [-0.3, -0.25) is 0 Å². The van der Waals surface area contributed by atoms with Crippen molar-refractivity contribution in [1.82, 2.24) is 0 Å². The first-order chi connectivity index (χ1) is 6.64. The van der Waals surface area contributed by atoms with Crippen molar-refractivity contribution >= 4 is 0 Å². The van der Waals surface area contributed by atoms with Gasteiger partial charge in [0.1, 0.15) is 11.6 Å². The number of quaternary nitrogens is 1. The predicted octanol–water partition coefficient (Wildman–Crippen LogP) is 2.19. The molecule has 1 N–H and O–H groups in total. The van der Waals surface area contributed by atoms with Crippen molar-refractivity contribution in [3.8, 4) is 0 Å². The quantitative estimate of drug-likeness (QED) is 0.549. The van der Waals surface area contributed by atoms with Crippen molar-refractivity contribution in [3.63, 3.8) is 0 Å². The van der Waals surface area contributed by atoms with Crippen LogP contribution in [0, 0.1) is 5.92 Å². The Hall–Kier alpha value is -0.340. The number of likely N-dealkylation sites (N-methyl/N-ethyl adjacent to an activating group) is 1. The van der Waals surface area contributed by atoms with E-state index in [0.29, 0.717) is 12.0 Å². The molecule has 3 unspecified atom stereocenters. The zero-order valence-electron chi connectivity index (χ0n) is 10.9. The molecule has 2 heteroatoms. The van der Waals surface area contributed by atoms with Crippen LogP contribution in [0.5, 0.6) is 0 Å². The molecule has 0 aliphatic heterocycles. The summed E-state index contributed by atoms with van der Waals surface area (Å²) in [7, 11) is 6.50. The summed E-state index contributed by atoms with van der Waals surface area (Å²) >= 11 is 0. The number of aliphatic hydroxyl groups is 1. The first-order valence-electron chi connectivity index (χ1n) is 5.83. The van der Waals surface area contributed by atoms with E-state index in [-0.39, 0.29) is 0 Å². The zero-order chi connectivity index (χ0) is 11.9. The molecule has 0 heterocycles. The first-order valence-corrected chi connectivity index (χ1v) is 5.83. The van der Waals surface area contributed by atoms with E-state index in [4.69, 9.17) is 0 Å². The van der Waals surface area contributed by atoms with Crippen molar-refractivity contribution in [2.75, 3.05) is 21.1 Å². The van der Waals surface area contributed by atoms with Crippen molar-refractivity contribution in [3.05, 3.63) is 12.2 Å². The van der Waals surface area contributed by atoms with Gasteiger partial charge in [-0.25, -0.2) is 0 Å². The van der Waals surface area contributed by atoms with Crippen LogP contribution in [0.2, 0.25) is 0 Å². The van der Waals surface area contributed by atoms with E-state index in [0.717, 1.165) is 23.7 Å². The Morgan fingerprint density at radius 2 is 1.93 bits per heavy atom. The molecule has 1 saturated carbocycles. The van der Waals surface area contributed by atoms with Gasteiger partial charge in [-0.15, -0.1) is 0 Å². The Kier molecular flexibility index (Phi) is 3.32. The van der Waals surface area contributed by atoms with Gasteiger partial charge in [0, 0.05) is 6.42 Å². The first kappa shape index (κ1) is 12.7. The van der Waals surface area contributed by atoms with Crippen LogP contribution in [0.4, 0.5) is 0 Å². The number of hydrogen-bond acceptors (Lipinski definition) is 1. The molecular formula is C13H26NO+. The highest BCUT2D eigenvalue weighted by Crippen LogP contribution is 2.38. The van der Waals surface area contributed by atoms with Crippen LogP contribution in [0.3, 0.4) is 0 Å². The van der Waals surface area contributed by atoms with Gasteiger partial charge in [0.25, 0.3) is 0 Å². The van der Waals surface area contributed by atoms with E-state index < -0.39 is 5.60 Å². The molecular weight excluding hydrogens is 186 g/mol. The molecule has 1 aliphatic carbocycles. The molecule has 0 bridgehead atoms. The van der Waals surface area contributed by atoms with Crippen molar-refractivity contribution in [2.45, 2.75) is 44.8 Å². The summed E-state index contributed by atoms with van der Waals surface area (Å²) in [6, 6.07) is 0.313. The van der Waals surface area contributed by atoms with E-state index in [1.54, 1.807) is 0 Å². The lowest BCUT2D eigenvalue weighted by Crippen LogP contribution is -2.60. The topological polar surface area (TPSA) is 20.2 Å². The van der Waals surface area contributed by atoms with Crippen LogP contribution in [0.1, 0.15) is 33.1 Å². The number of rotatable bonds is 2. The minimum absolute atomic E-state index is 0.313. The second-order valence-corrected chi connectivity index (χ2v) is 6.31. The molecule has 0 saturated heterocycles. The number of hydrogen-bond donors (Lipinski definition) is 1. The Balaban J connectivity index is 2.84. The number of nitrogens with zero attached hydrogens (tertiary/aromatic N) is 1. The van der Waals surface area contributed by atoms with E-state index >= 15 is 0 Å². The fourth-order valence-corrected chi connectivity index (χ4v) is 2.87. The van der Waals surface area contributed by atoms with Crippen molar-refractivity contribution < 1.29 is 9.59 Å². The van der Waals surface area contributed by atoms with Crippen LogP contribution in [-0.4, -0.2) is 42.4 Å². The van der Waals surface area contributed by atoms with Crippen LogP contribution in [-0.2, 0) is 0 Å². The number of allylic oxidation sites excluding steroid dienone is 1. The van der Waals surface area contributed by atoms with Crippen LogP contribution in [0.25, 0.3) is 0 Å². The predicted molar refractivity (Wildman–Crippen MR) is 64.6 cm³/mol. The van der Waals surface area contributed by atoms with Gasteiger partial charge in [-0.2, -0.15) is 0 Å². The molecule has 1 rings (SSSR count). The average Bonchev–Trinajstić information content (AvgIpc) is 2.00. The molecule has 0 aromatic heterocycles.